The highest BCUT2D eigenvalue weighted by molar-refractivity contribution is 5.97. The normalized spacial score (nSPS) is 15.1. The third-order valence-corrected chi connectivity index (χ3v) is 4.53. The second kappa shape index (κ2) is 5.88. The van der Waals surface area contributed by atoms with Crippen LogP contribution in [0.1, 0.15) is 36.0 Å². The van der Waals surface area contributed by atoms with Gasteiger partial charge in [-0.25, -0.2) is 4.98 Å². The van der Waals surface area contributed by atoms with Crippen LogP contribution in [0.2, 0.25) is 0 Å². The molecule has 1 fully saturated rings. The van der Waals surface area contributed by atoms with Gasteiger partial charge in [0.15, 0.2) is 0 Å². The van der Waals surface area contributed by atoms with Crippen molar-refractivity contribution >= 4 is 16.9 Å². The molecule has 0 bridgehead atoms. The van der Waals surface area contributed by atoms with Crippen molar-refractivity contribution in [3.63, 3.8) is 0 Å². The molecule has 4 rings (SSSR count). The molecular formula is C19H19N3O. The van der Waals surface area contributed by atoms with Crippen LogP contribution in [0.3, 0.4) is 0 Å². The van der Waals surface area contributed by atoms with E-state index in [-0.39, 0.29) is 5.91 Å². The van der Waals surface area contributed by atoms with E-state index >= 15 is 0 Å². The second-order valence-electron chi connectivity index (χ2n) is 6.11. The minimum absolute atomic E-state index is 0.00746. The summed E-state index contributed by atoms with van der Waals surface area (Å²) in [6, 6.07) is 16.2. The first-order chi connectivity index (χ1) is 11.3. The van der Waals surface area contributed by atoms with Crippen LogP contribution in [0.15, 0.2) is 54.9 Å². The minimum Gasteiger partial charge on any atom is -0.349 e. The van der Waals surface area contributed by atoms with E-state index in [0.717, 1.165) is 29.6 Å². The maximum Gasteiger partial charge on any atom is 0.251 e. The number of nitrogens with one attached hydrogen (secondary N) is 1. The number of rotatable bonds is 3. The quantitative estimate of drug-likeness (QED) is 0.802. The fourth-order valence-corrected chi connectivity index (χ4v) is 3.29. The molecule has 1 aliphatic carbocycles. The van der Waals surface area contributed by atoms with Gasteiger partial charge in [-0.05, 0) is 43.2 Å². The van der Waals surface area contributed by atoms with Crippen molar-refractivity contribution in [1.29, 1.82) is 0 Å². The molecule has 0 atom stereocenters. The second-order valence-corrected chi connectivity index (χ2v) is 6.11. The van der Waals surface area contributed by atoms with Crippen LogP contribution >= 0.6 is 0 Å². The van der Waals surface area contributed by atoms with E-state index in [2.05, 4.69) is 10.3 Å². The van der Waals surface area contributed by atoms with Crippen molar-refractivity contribution in [2.75, 3.05) is 0 Å². The first kappa shape index (κ1) is 14.0. The molecule has 116 valence electrons. The average molecular weight is 305 g/mol. The van der Waals surface area contributed by atoms with Crippen molar-refractivity contribution in [2.45, 2.75) is 31.7 Å². The Bertz CT molecular complexity index is 832. The summed E-state index contributed by atoms with van der Waals surface area (Å²) in [5.74, 6) is 0.00746. The molecule has 0 aliphatic heterocycles. The zero-order valence-corrected chi connectivity index (χ0v) is 12.9. The van der Waals surface area contributed by atoms with E-state index in [0.29, 0.717) is 11.6 Å². The summed E-state index contributed by atoms with van der Waals surface area (Å²) in [5.41, 5.74) is 3.60. The Kier molecular flexibility index (Phi) is 3.58. The lowest BCUT2D eigenvalue weighted by Crippen LogP contribution is -2.32. The van der Waals surface area contributed by atoms with E-state index in [9.17, 15) is 4.79 Å². The van der Waals surface area contributed by atoms with Gasteiger partial charge in [0.25, 0.3) is 5.91 Å². The number of hydrogen-bond donors (Lipinski definition) is 1. The summed E-state index contributed by atoms with van der Waals surface area (Å²) in [6.07, 6.45) is 6.42. The van der Waals surface area contributed by atoms with Crippen LogP contribution < -0.4 is 5.32 Å². The zero-order chi connectivity index (χ0) is 15.6. The van der Waals surface area contributed by atoms with Crippen LogP contribution in [0, 0.1) is 0 Å². The highest BCUT2D eigenvalue weighted by Gasteiger charge is 2.18. The topological polar surface area (TPSA) is 46.9 Å². The zero-order valence-electron chi connectivity index (χ0n) is 12.9. The third kappa shape index (κ3) is 2.72. The van der Waals surface area contributed by atoms with Crippen molar-refractivity contribution in [3.05, 3.63) is 60.4 Å². The van der Waals surface area contributed by atoms with Gasteiger partial charge in [-0.1, -0.05) is 31.0 Å². The number of fused-ring (bicyclic) bond motifs is 1. The van der Waals surface area contributed by atoms with Gasteiger partial charge in [-0.15, -0.1) is 0 Å². The van der Waals surface area contributed by atoms with Gasteiger partial charge < -0.3 is 5.32 Å². The minimum atomic E-state index is 0.00746. The number of benzene rings is 2. The summed E-state index contributed by atoms with van der Waals surface area (Å²) in [7, 11) is 0. The van der Waals surface area contributed by atoms with Crippen LogP contribution in [-0.4, -0.2) is 21.5 Å². The van der Waals surface area contributed by atoms with E-state index in [1.54, 1.807) is 6.33 Å². The first-order valence-electron chi connectivity index (χ1n) is 8.15. The summed E-state index contributed by atoms with van der Waals surface area (Å²) >= 11 is 0. The highest BCUT2D eigenvalue weighted by atomic mass is 16.1. The highest BCUT2D eigenvalue weighted by Crippen LogP contribution is 2.21. The average Bonchev–Trinajstić information content (AvgIpc) is 3.24. The van der Waals surface area contributed by atoms with Crippen LogP contribution in [0.4, 0.5) is 0 Å². The predicted octanol–water partition coefficient (Wildman–Crippen LogP) is 3.70. The van der Waals surface area contributed by atoms with Crippen LogP contribution in [0.5, 0.6) is 0 Å². The van der Waals surface area contributed by atoms with Gasteiger partial charge in [0.2, 0.25) is 0 Å². The molecule has 0 unspecified atom stereocenters. The SMILES string of the molecule is O=C(NC1CCCC1)c1ccc2c(c1)ncn2-c1ccccc1. The largest absolute Gasteiger partial charge is 0.349 e. The summed E-state index contributed by atoms with van der Waals surface area (Å²) < 4.78 is 2.04. The standard InChI is InChI=1S/C19H19N3O/c23-19(21-15-6-4-5-7-15)14-10-11-18-17(12-14)20-13-22(18)16-8-2-1-3-9-16/h1-3,8-13,15H,4-7H2,(H,21,23). The summed E-state index contributed by atoms with van der Waals surface area (Å²) in [5, 5.41) is 3.12. The molecule has 1 aliphatic rings. The molecule has 0 spiro atoms. The van der Waals surface area contributed by atoms with Crippen molar-refractivity contribution < 1.29 is 4.79 Å². The molecule has 0 saturated heterocycles. The lowest BCUT2D eigenvalue weighted by atomic mass is 10.1. The molecule has 1 saturated carbocycles. The maximum atomic E-state index is 12.4. The lowest BCUT2D eigenvalue weighted by molar-refractivity contribution is 0.0938. The van der Waals surface area contributed by atoms with Gasteiger partial charge in [0.1, 0.15) is 6.33 Å². The Morgan fingerprint density at radius 1 is 1.09 bits per heavy atom. The number of hydrogen-bond acceptors (Lipinski definition) is 2. The Labute approximate surface area is 135 Å². The molecule has 2 aromatic carbocycles. The third-order valence-electron chi connectivity index (χ3n) is 4.53. The fraction of sp³-hybridized carbons (Fsp3) is 0.263. The number of imidazole rings is 1. The Hall–Kier alpha value is -2.62. The summed E-state index contributed by atoms with van der Waals surface area (Å²) in [6.45, 7) is 0. The first-order valence-corrected chi connectivity index (χ1v) is 8.15. The lowest BCUT2D eigenvalue weighted by Gasteiger charge is -2.12. The van der Waals surface area contributed by atoms with Gasteiger partial charge >= 0.3 is 0 Å². The van der Waals surface area contributed by atoms with E-state index in [1.807, 2.05) is 53.1 Å². The molecule has 23 heavy (non-hydrogen) atoms. The maximum absolute atomic E-state index is 12.4. The Morgan fingerprint density at radius 3 is 2.65 bits per heavy atom. The van der Waals surface area contributed by atoms with Crippen molar-refractivity contribution in [1.82, 2.24) is 14.9 Å². The number of amides is 1. The van der Waals surface area contributed by atoms with Gasteiger partial charge in [-0.3, -0.25) is 9.36 Å². The molecule has 1 N–H and O–H groups in total. The van der Waals surface area contributed by atoms with Crippen molar-refractivity contribution in [2.24, 2.45) is 0 Å². The number of carbonyl (C=O) groups is 1. The Morgan fingerprint density at radius 2 is 1.87 bits per heavy atom. The molecule has 4 nitrogen and oxygen atoms in total. The molecule has 3 aromatic rings. The van der Waals surface area contributed by atoms with Crippen molar-refractivity contribution in [3.8, 4) is 5.69 Å². The number of carbonyl (C=O) groups excluding carboxylic acids is 1. The summed E-state index contributed by atoms with van der Waals surface area (Å²) in [4.78, 5) is 16.8. The monoisotopic (exact) mass is 305 g/mol. The van der Waals surface area contributed by atoms with Crippen LogP contribution in [-0.2, 0) is 0 Å². The number of nitrogens with zero attached hydrogens (tertiary/aromatic N) is 2. The number of para-hydroxylation sites is 1. The van der Waals surface area contributed by atoms with E-state index in [1.165, 1.54) is 12.8 Å². The Balaban J connectivity index is 1.63. The van der Waals surface area contributed by atoms with E-state index in [4.69, 9.17) is 0 Å². The van der Waals surface area contributed by atoms with Gasteiger partial charge in [-0.2, -0.15) is 0 Å². The molecule has 1 aromatic heterocycles. The predicted molar refractivity (Wildman–Crippen MR) is 90.8 cm³/mol. The number of aromatic nitrogens is 2. The molecular weight excluding hydrogens is 286 g/mol. The molecule has 4 heteroatoms. The molecule has 1 heterocycles. The fourth-order valence-electron chi connectivity index (χ4n) is 3.29. The van der Waals surface area contributed by atoms with Gasteiger partial charge in [0.05, 0.1) is 11.0 Å². The van der Waals surface area contributed by atoms with Crippen LogP contribution in [0.25, 0.3) is 16.7 Å². The van der Waals surface area contributed by atoms with E-state index < -0.39 is 0 Å². The molecule has 0 radical (unpaired) electrons. The smallest absolute Gasteiger partial charge is 0.251 e. The van der Waals surface area contributed by atoms with Gasteiger partial charge in [0, 0.05) is 17.3 Å². The molecule has 1 amide bonds.